The van der Waals surface area contributed by atoms with Crippen molar-refractivity contribution < 1.29 is 0 Å². The van der Waals surface area contributed by atoms with E-state index in [0.717, 1.165) is 25.6 Å². The second-order valence-electron chi connectivity index (χ2n) is 6.67. The molecule has 1 aromatic rings. The highest BCUT2D eigenvalue weighted by atomic mass is 15.2. The van der Waals surface area contributed by atoms with Gasteiger partial charge in [-0.25, -0.2) is 4.98 Å². The number of likely N-dealkylation sites (N-methyl/N-ethyl adjacent to an activating group) is 1. The van der Waals surface area contributed by atoms with E-state index in [1.54, 1.807) is 0 Å². The van der Waals surface area contributed by atoms with Crippen molar-refractivity contribution in [1.29, 1.82) is 0 Å². The molecular formula is C16H30N4. The summed E-state index contributed by atoms with van der Waals surface area (Å²) in [5, 5.41) is 0. The lowest BCUT2D eigenvalue weighted by Gasteiger charge is -2.25. The standard InChI is InChI=1S/C16H30N4/c1-13(2)10-15(17)16-11-18-12-20(16)9-8-19(3)14-6-4-5-7-14/h11-15H,4-10,17H2,1-3H3. The first-order valence-corrected chi connectivity index (χ1v) is 8.03. The van der Waals surface area contributed by atoms with Gasteiger partial charge in [-0.15, -0.1) is 0 Å². The van der Waals surface area contributed by atoms with E-state index in [-0.39, 0.29) is 6.04 Å². The molecule has 0 amide bonds. The lowest BCUT2D eigenvalue weighted by atomic mass is 10.0. The fraction of sp³-hybridized carbons (Fsp3) is 0.812. The van der Waals surface area contributed by atoms with Gasteiger partial charge in [0, 0.05) is 31.4 Å². The maximum Gasteiger partial charge on any atom is 0.0949 e. The van der Waals surface area contributed by atoms with Crippen molar-refractivity contribution in [2.75, 3.05) is 13.6 Å². The summed E-state index contributed by atoms with van der Waals surface area (Å²) in [6.07, 6.45) is 10.4. The van der Waals surface area contributed by atoms with Crippen LogP contribution in [0.4, 0.5) is 0 Å². The molecule has 1 heterocycles. The van der Waals surface area contributed by atoms with Gasteiger partial charge in [-0.05, 0) is 32.2 Å². The summed E-state index contributed by atoms with van der Waals surface area (Å²) in [5.41, 5.74) is 7.47. The van der Waals surface area contributed by atoms with Gasteiger partial charge in [-0.2, -0.15) is 0 Å². The van der Waals surface area contributed by atoms with E-state index in [2.05, 4.69) is 35.3 Å². The van der Waals surface area contributed by atoms with Crippen molar-refractivity contribution >= 4 is 0 Å². The molecule has 0 bridgehead atoms. The summed E-state index contributed by atoms with van der Waals surface area (Å²) < 4.78 is 2.23. The molecule has 4 nitrogen and oxygen atoms in total. The molecule has 1 unspecified atom stereocenters. The first-order valence-electron chi connectivity index (χ1n) is 8.03. The number of hydrogen-bond acceptors (Lipinski definition) is 3. The molecule has 0 radical (unpaired) electrons. The topological polar surface area (TPSA) is 47.1 Å². The zero-order valence-corrected chi connectivity index (χ0v) is 13.3. The van der Waals surface area contributed by atoms with Crippen LogP contribution in [0.5, 0.6) is 0 Å². The molecule has 1 atom stereocenters. The number of nitrogens with zero attached hydrogens (tertiary/aromatic N) is 3. The van der Waals surface area contributed by atoms with E-state index in [1.165, 1.54) is 31.4 Å². The van der Waals surface area contributed by atoms with Crippen LogP contribution >= 0.6 is 0 Å². The Labute approximate surface area is 123 Å². The Morgan fingerprint density at radius 2 is 2.10 bits per heavy atom. The van der Waals surface area contributed by atoms with Gasteiger partial charge < -0.3 is 15.2 Å². The molecular weight excluding hydrogens is 248 g/mol. The molecule has 0 aromatic carbocycles. The fourth-order valence-corrected chi connectivity index (χ4v) is 3.25. The Hall–Kier alpha value is -0.870. The SMILES string of the molecule is CC(C)CC(N)c1cncn1CCN(C)C1CCCC1. The van der Waals surface area contributed by atoms with Gasteiger partial charge in [0.1, 0.15) is 0 Å². The van der Waals surface area contributed by atoms with Gasteiger partial charge in [0.25, 0.3) is 0 Å². The average molecular weight is 278 g/mol. The molecule has 0 saturated heterocycles. The van der Waals surface area contributed by atoms with Crippen LogP contribution in [0.2, 0.25) is 0 Å². The normalized spacial score (nSPS) is 18.3. The minimum Gasteiger partial charge on any atom is -0.332 e. The van der Waals surface area contributed by atoms with Crippen LogP contribution in [0.1, 0.15) is 57.7 Å². The highest BCUT2D eigenvalue weighted by molar-refractivity contribution is 5.04. The molecule has 0 aliphatic heterocycles. The molecule has 114 valence electrons. The van der Waals surface area contributed by atoms with Crippen LogP contribution < -0.4 is 5.73 Å². The monoisotopic (exact) mass is 278 g/mol. The van der Waals surface area contributed by atoms with E-state index < -0.39 is 0 Å². The Kier molecular flexibility index (Phi) is 5.61. The van der Waals surface area contributed by atoms with Crippen LogP contribution in [0.15, 0.2) is 12.5 Å². The molecule has 1 aliphatic carbocycles. The number of hydrogen-bond donors (Lipinski definition) is 1. The Morgan fingerprint density at radius 1 is 1.40 bits per heavy atom. The lowest BCUT2D eigenvalue weighted by molar-refractivity contribution is 0.235. The maximum absolute atomic E-state index is 6.30. The van der Waals surface area contributed by atoms with Crippen molar-refractivity contribution in [2.24, 2.45) is 11.7 Å². The third-order valence-corrected chi connectivity index (χ3v) is 4.49. The third kappa shape index (κ3) is 4.06. The van der Waals surface area contributed by atoms with Gasteiger partial charge in [-0.3, -0.25) is 0 Å². The van der Waals surface area contributed by atoms with Crippen LogP contribution in [0.25, 0.3) is 0 Å². The molecule has 2 rings (SSSR count). The van der Waals surface area contributed by atoms with Crippen molar-refractivity contribution in [2.45, 2.75) is 64.6 Å². The molecule has 1 saturated carbocycles. The molecule has 4 heteroatoms. The van der Waals surface area contributed by atoms with Crippen molar-refractivity contribution in [3.05, 3.63) is 18.2 Å². The van der Waals surface area contributed by atoms with E-state index >= 15 is 0 Å². The summed E-state index contributed by atoms with van der Waals surface area (Å²) in [6, 6.07) is 0.889. The predicted octanol–water partition coefficient (Wildman–Crippen LogP) is 2.80. The van der Waals surface area contributed by atoms with Crippen LogP contribution in [0.3, 0.4) is 0 Å². The first kappa shape index (κ1) is 15.5. The van der Waals surface area contributed by atoms with Crippen LogP contribution in [0, 0.1) is 5.92 Å². The largest absolute Gasteiger partial charge is 0.332 e. The van der Waals surface area contributed by atoms with E-state index in [9.17, 15) is 0 Å². The highest BCUT2D eigenvalue weighted by Crippen LogP contribution is 2.23. The van der Waals surface area contributed by atoms with Gasteiger partial charge in [0.05, 0.1) is 12.0 Å². The minimum atomic E-state index is 0.106. The van der Waals surface area contributed by atoms with Gasteiger partial charge in [0.15, 0.2) is 0 Å². The molecule has 2 N–H and O–H groups in total. The molecule has 1 fully saturated rings. The number of rotatable bonds is 7. The van der Waals surface area contributed by atoms with Crippen molar-refractivity contribution in [3.63, 3.8) is 0 Å². The molecule has 20 heavy (non-hydrogen) atoms. The highest BCUT2D eigenvalue weighted by Gasteiger charge is 2.19. The zero-order valence-electron chi connectivity index (χ0n) is 13.3. The fourth-order valence-electron chi connectivity index (χ4n) is 3.25. The number of nitrogens with two attached hydrogens (primary N) is 1. The molecule has 0 spiro atoms. The van der Waals surface area contributed by atoms with E-state index in [0.29, 0.717) is 5.92 Å². The summed E-state index contributed by atoms with van der Waals surface area (Å²) >= 11 is 0. The Balaban J connectivity index is 1.88. The summed E-state index contributed by atoms with van der Waals surface area (Å²) in [6.45, 7) is 6.51. The average Bonchev–Trinajstić information content (AvgIpc) is 3.06. The van der Waals surface area contributed by atoms with Crippen molar-refractivity contribution in [1.82, 2.24) is 14.5 Å². The second-order valence-corrected chi connectivity index (χ2v) is 6.67. The number of imidazole rings is 1. The summed E-state index contributed by atoms with van der Waals surface area (Å²) in [7, 11) is 2.25. The Morgan fingerprint density at radius 3 is 2.75 bits per heavy atom. The molecule has 1 aromatic heterocycles. The minimum absolute atomic E-state index is 0.106. The predicted molar refractivity (Wildman–Crippen MR) is 83.5 cm³/mol. The van der Waals surface area contributed by atoms with Gasteiger partial charge in [0.2, 0.25) is 0 Å². The molecule has 1 aliphatic rings. The van der Waals surface area contributed by atoms with Gasteiger partial charge in [-0.1, -0.05) is 26.7 Å². The quantitative estimate of drug-likeness (QED) is 0.834. The summed E-state index contributed by atoms with van der Waals surface area (Å²) in [4.78, 5) is 6.80. The van der Waals surface area contributed by atoms with Crippen LogP contribution in [-0.4, -0.2) is 34.1 Å². The first-order chi connectivity index (χ1) is 9.58. The van der Waals surface area contributed by atoms with Crippen molar-refractivity contribution in [3.8, 4) is 0 Å². The number of aromatic nitrogens is 2. The van der Waals surface area contributed by atoms with E-state index in [1.807, 2.05) is 12.5 Å². The smallest absolute Gasteiger partial charge is 0.0949 e. The maximum atomic E-state index is 6.30. The summed E-state index contributed by atoms with van der Waals surface area (Å²) in [5.74, 6) is 0.620. The van der Waals surface area contributed by atoms with Gasteiger partial charge >= 0.3 is 0 Å². The van der Waals surface area contributed by atoms with Crippen LogP contribution in [-0.2, 0) is 6.54 Å². The van der Waals surface area contributed by atoms with E-state index in [4.69, 9.17) is 5.73 Å². The lowest BCUT2D eigenvalue weighted by Crippen LogP contribution is -2.32. The zero-order chi connectivity index (χ0) is 14.5. The second kappa shape index (κ2) is 7.23. The Bertz CT molecular complexity index is 393. The third-order valence-electron chi connectivity index (χ3n) is 4.49.